The SMILES string of the molecule is Cc1nn(CC(F)(F)F)c(OS(=O)(=O)C(F)(F)F)c1C. The molecule has 1 aromatic rings. The molecule has 0 spiro atoms. The minimum Gasteiger partial charge on any atom is -0.355 e. The molecule has 0 radical (unpaired) electrons. The van der Waals surface area contributed by atoms with Gasteiger partial charge in [-0.25, -0.2) is 4.68 Å². The molecule has 5 nitrogen and oxygen atoms in total. The second-order valence-corrected chi connectivity index (χ2v) is 5.31. The van der Waals surface area contributed by atoms with Crippen molar-refractivity contribution in [2.24, 2.45) is 0 Å². The van der Waals surface area contributed by atoms with Crippen LogP contribution in [0.25, 0.3) is 0 Å². The molecule has 0 unspecified atom stereocenters. The summed E-state index contributed by atoms with van der Waals surface area (Å²) in [4.78, 5) is 0. The van der Waals surface area contributed by atoms with E-state index in [1.54, 1.807) is 0 Å². The second kappa shape index (κ2) is 4.82. The summed E-state index contributed by atoms with van der Waals surface area (Å²) in [7, 11) is -6.07. The van der Waals surface area contributed by atoms with Gasteiger partial charge in [0, 0.05) is 5.56 Å². The summed E-state index contributed by atoms with van der Waals surface area (Å²) < 4.78 is 98.6. The molecule has 0 N–H and O–H groups in total. The van der Waals surface area contributed by atoms with Crippen LogP contribution in [0.4, 0.5) is 26.3 Å². The topological polar surface area (TPSA) is 61.2 Å². The van der Waals surface area contributed by atoms with E-state index in [0.717, 1.165) is 6.92 Å². The molecular formula is C8H8F6N2O3S. The summed E-state index contributed by atoms with van der Waals surface area (Å²) in [6.07, 6.45) is -4.80. The molecule has 0 aliphatic carbocycles. The first-order chi connectivity index (χ1) is 8.74. The number of aromatic nitrogens is 2. The standard InChI is InChI=1S/C8H8F6N2O3S/c1-4-5(2)15-16(3-7(9,10)11)6(4)19-20(17,18)8(12,13)14/h3H2,1-2H3. The fourth-order valence-electron chi connectivity index (χ4n) is 1.18. The lowest BCUT2D eigenvalue weighted by Gasteiger charge is -2.13. The highest BCUT2D eigenvalue weighted by atomic mass is 32.2. The van der Waals surface area contributed by atoms with Gasteiger partial charge in [-0.3, -0.25) is 0 Å². The van der Waals surface area contributed by atoms with Gasteiger partial charge in [0.25, 0.3) is 0 Å². The van der Waals surface area contributed by atoms with Gasteiger partial charge in [0.2, 0.25) is 5.88 Å². The van der Waals surface area contributed by atoms with Crippen molar-refractivity contribution in [3.63, 3.8) is 0 Å². The Morgan fingerprint density at radius 1 is 1.15 bits per heavy atom. The third kappa shape index (κ3) is 3.55. The zero-order valence-corrected chi connectivity index (χ0v) is 10.8. The van der Waals surface area contributed by atoms with E-state index in [1.807, 2.05) is 0 Å². The zero-order valence-electron chi connectivity index (χ0n) is 10.0. The maximum atomic E-state index is 12.2. The summed E-state index contributed by atoms with van der Waals surface area (Å²) in [5.74, 6) is -1.11. The molecule has 116 valence electrons. The molecule has 0 saturated heterocycles. The number of halogens is 6. The van der Waals surface area contributed by atoms with Gasteiger partial charge < -0.3 is 4.18 Å². The largest absolute Gasteiger partial charge is 0.534 e. The lowest BCUT2D eigenvalue weighted by molar-refractivity contribution is -0.143. The first-order valence-corrected chi connectivity index (χ1v) is 6.27. The molecule has 1 rings (SSSR count). The quantitative estimate of drug-likeness (QED) is 0.486. The van der Waals surface area contributed by atoms with Crippen molar-refractivity contribution in [2.75, 3.05) is 0 Å². The third-order valence-corrected chi connectivity index (χ3v) is 3.11. The molecule has 12 heteroatoms. The molecule has 0 aliphatic heterocycles. The molecule has 20 heavy (non-hydrogen) atoms. The van der Waals surface area contributed by atoms with E-state index in [1.165, 1.54) is 6.92 Å². The van der Waals surface area contributed by atoms with Gasteiger partial charge in [-0.05, 0) is 13.8 Å². The summed E-state index contributed by atoms with van der Waals surface area (Å²) in [6, 6.07) is 0. The Kier molecular flexibility index (Phi) is 4.00. The van der Waals surface area contributed by atoms with Crippen molar-refractivity contribution in [1.82, 2.24) is 9.78 Å². The minimum atomic E-state index is -6.07. The molecular weight excluding hydrogens is 318 g/mol. The highest BCUT2D eigenvalue weighted by Crippen LogP contribution is 2.31. The second-order valence-electron chi connectivity index (χ2n) is 3.77. The van der Waals surface area contributed by atoms with Crippen LogP contribution in [0, 0.1) is 13.8 Å². The van der Waals surface area contributed by atoms with Gasteiger partial charge in [-0.1, -0.05) is 0 Å². The summed E-state index contributed by atoms with van der Waals surface area (Å²) >= 11 is 0. The van der Waals surface area contributed by atoms with Gasteiger partial charge in [0.05, 0.1) is 5.69 Å². The van der Waals surface area contributed by atoms with Gasteiger partial charge in [0.15, 0.2) is 0 Å². The first kappa shape index (κ1) is 16.6. The Hall–Kier alpha value is -1.46. The van der Waals surface area contributed by atoms with E-state index in [9.17, 15) is 34.8 Å². The fourth-order valence-corrected chi connectivity index (χ4v) is 1.70. The summed E-state index contributed by atoms with van der Waals surface area (Å²) in [5, 5.41) is 3.30. The van der Waals surface area contributed by atoms with Crippen molar-refractivity contribution >= 4 is 10.1 Å². The molecule has 0 fully saturated rings. The van der Waals surface area contributed by atoms with Crippen molar-refractivity contribution in [1.29, 1.82) is 0 Å². The Morgan fingerprint density at radius 3 is 2.05 bits per heavy atom. The number of rotatable bonds is 3. The monoisotopic (exact) mass is 326 g/mol. The van der Waals surface area contributed by atoms with E-state index in [-0.39, 0.29) is 15.9 Å². The molecule has 0 saturated carbocycles. The van der Waals surface area contributed by atoms with Gasteiger partial charge in [-0.15, -0.1) is 0 Å². The average molecular weight is 326 g/mol. The van der Waals surface area contributed by atoms with Crippen molar-refractivity contribution in [3.05, 3.63) is 11.3 Å². The highest BCUT2D eigenvalue weighted by molar-refractivity contribution is 7.87. The van der Waals surface area contributed by atoms with Crippen molar-refractivity contribution in [2.45, 2.75) is 32.1 Å². The Bertz CT molecular complexity index is 601. The normalized spacial score (nSPS) is 13.6. The fraction of sp³-hybridized carbons (Fsp3) is 0.625. The van der Waals surface area contributed by atoms with E-state index in [4.69, 9.17) is 0 Å². The maximum absolute atomic E-state index is 12.2. The predicted molar refractivity (Wildman–Crippen MR) is 53.4 cm³/mol. The maximum Gasteiger partial charge on any atom is 0.534 e. The number of hydrogen-bond acceptors (Lipinski definition) is 4. The van der Waals surface area contributed by atoms with Gasteiger partial charge >= 0.3 is 21.8 Å². The Labute approximate surface area is 109 Å². The number of nitrogens with zero attached hydrogens (tertiary/aromatic N) is 2. The van der Waals surface area contributed by atoms with Crippen molar-refractivity contribution < 1.29 is 38.9 Å². The van der Waals surface area contributed by atoms with Crippen LogP contribution in [0.5, 0.6) is 5.88 Å². The molecule has 0 aliphatic rings. The van der Waals surface area contributed by atoms with E-state index in [2.05, 4.69) is 9.28 Å². The third-order valence-electron chi connectivity index (χ3n) is 2.17. The number of aryl methyl sites for hydroxylation is 1. The summed E-state index contributed by atoms with van der Waals surface area (Å²) in [6.45, 7) is 0.524. The van der Waals surface area contributed by atoms with Gasteiger partial charge in [-0.2, -0.15) is 39.9 Å². The lowest BCUT2D eigenvalue weighted by Crippen LogP contribution is -2.30. The molecule has 0 amide bonds. The van der Waals surface area contributed by atoms with Crippen LogP contribution in [-0.4, -0.2) is 29.9 Å². The minimum absolute atomic E-state index is 0.0218. The van der Waals surface area contributed by atoms with E-state index < -0.39 is 34.2 Å². The smallest absolute Gasteiger partial charge is 0.355 e. The Balaban J connectivity index is 3.25. The zero-order chi connectivity index (χ0) is 15.9. The van der Waals surface area contributed by atoms with Crippen LogP contribution in [-0.2, 0) is 16.7 Å². The predicted octanol–water partition coefficient (Wildman–Crippen LogP) is 2.29. The first-order valence-electron chi connectivity index (χ1n) is 4.86. The lowest BCUT2D eigenvalue weighted by atomic mass is 10.3. The van der Waals surface area contributed by atoms with Crippen LogP contribution in [0.1, 0.15) is 11.3 Å². The summed E-state index contributed by atoms with van der Waals surface area (Å²) in [5.41, 5.74) is -6.07. The highest BCUT2D eigenvalue weighted by Gasteiger charge is 2.49. The van der Waals surface area contributed by atoms with Crippen molar-refractivity contribution in [3.8, 4) is 5.88 Å². The van der Waals surface area contributed by atoms with Crippen LogP contribution >= 0.6 is 0 Å². The number of alkyl halides is 6. The molecule has 1 heterocycles. The Morgan fingerprint density at radius 2 is 1.65 bits per heavy atom. The average Bonchev–Trinajstić information content (AvgIpc) is 2.41. The molecule has 1 aromatic heterocycles. The molecule has 0 bridgehead atoms. The van der Waals surface area contributed by atoms with Gasteiger partial charge in [0.1, 0.15) is 6.54 Å². The molecule has 0 atom stereocenters. The van der Waals surface area contributed by atoms with E-state index >= 15 is 0 Å². The number of hydrogen-bond donors (Lipinski definition) is 0. The van der Waals surface area contributed by atoms with Crippen LogP contribution < -0.4 is 4.18 Å². The van der Waals surface area contributed by atoms with Crippen LogP contribution in [0.3, 0.4) is 0 Å². The molecule has 0 aromatic carbocycles. The van der Waals surface area contributed by atoms with Crippen LogP contribution in [0.2, 0.25) is 0 Å². The van der Waals surface area contributed by atoms with E-state index in [0.29, 0.717) is 0 Å². The van der Waals surface area contributed by atoms with Crippen LogP contribution in [0.15, 0.2) is 0 Å².